The molecule has 0 spiro atoms. The quantitative estimate of drug-likeness (QED) is 0.734. The number of esters is 1. The third-order valence-corrected chi connectivity index (χ3v) is 1.67. The Morgan fingerprint density at radius 2 is 2.21 bits per heavy atom. The largest absolute Gasteiger partial charge is 0.460 e. The normalized spacial score (nSPS) is 9.86. The van der Waals surface area contributed by atoms with Crippen molar-refractivity contribution in [3.05, 3.63) is 35.6 Å². The molecule has 0 amide bonds. The maximum Gasteiger partial charge on any atom is 0.320 e. The molecule has 0 aliphatic rings. The Morgan fingerprint density at radius 3 is 2.86 bits per heavy atom. The van der Waals surface area contributed by atoms with Gasteiger partial charge < -0.3 is 10.1 Å². The van der Waals surface area contributed by atoms with Crippen LogP contribution in [-0.2, 0) is 16.1 Å². The molecule has 0 fully saturated rings. The first-order chi connectivity index (χ1) is 6.74. The van der Waals surface area contributed by atoms with Gasteiger partial charge in [0.15, 0.2) is 0 Å². The van der Waals surface area contributed by atoms with E-state index in [1.807, 2.05) is 0 Å². The molecule has 0 atom stereocenters. The number of hydrogen-bond donors (Lipinski definition) is 1. The summed E-state index contributed by atoms with van der Waals surface area (Å²) >= 11 is 0. The zero-order valence-electron chi connectivity index (χ0n) is 7.92. The van der Waals surface area contributed by atoms with E-state index in [9.17, 15) is 9.18 Å². The van der Waals surface area contributed by atoms with Crippen molar-refractivity contribution in [2.24, 2.45) is 0 Å². The Bertz CT molecular complexity index is 315. The molecule has 0 unspecified atom stereocenters. The van der Waals surface area contributed by atoms with Crippen molar-refractivity contribution in [2.75, 3.05) is 13.6 Å². The van der Waals surface area contributed by atoms with E-state index in [4.69, 9.17) is 4.74 Å². The predicted octanol–water partition coefficient (Wildman–Crippen LogP) is 1.09. The summed E-state index contributed by atoms with van der Waals surface area (Å²) in [4.78, 5) is 10.9. The van der Waals surface area contributed by atoms with Gasteiger partial charge in [0.05, 0.1) is 6.54 Å². The highest BCUT2D eigenvalue weighted by Crippen LogP contribution is 2.07. The zero-order valence-corrected chi connectivity index (χ0v) is 7.92. The van der Waals surface area contributed by atoms with Gasteiger partial charge in [0, 0.05) is 5.56 Å². The molecule has 0 saturated heterocycles. The van der Waals surface area contributed by atoms with Crippen LogP contribution in [0.25, 0.3) is 0 Å². The summed E-state index contributed by atoms with van der Waals surface area (Å²) < 4.78 is 17.8. The van der Waals surface area contributed by atoms with Gasteiger partial charge in [-0.1, -0.05) is 18.2 Å². The maximum absolute atomic E-state index is 13.0. The molecule has 0 aromatic heterocycles. The summed E-state index contributed by atoms with van der Waals surface area (Å²) in [6.45, 7) is 0.113. The van der Waals surface area contributed by atoms with Crippen molar-refractivity contribution in [3.63, 3.8) is 0 Å². The standard InChI is InChI=1S/C10H12FNO2/c1-12-6-10(13)14-7-8-4-2-3-5-9(8)11/h2-5,12H,6-7H2,1H3. The first-order valence-corrected chi connectivity index (χ1v) is 4.27. The topological polar surface area (TPSA) is 38.3 Å². The van der Waals surface area contributed by atoms with E-state index >= 15 is 0 Å². The highest BCUT2D eigenvalue weighted by Gasteiger charge is 2.04. The lowest BCUT2D eigenvalue weighted by molar-refractivity contribution is -0.143. The molecule has 1 aromatic carbocycles. The van der Waals surface area contributed by atoms with Gasteiger partial charge in [0.25, 0.3) is 0 Å². The van der Waals surface area contributed by atoms with Crippen LogP contribution in [0.15, 0.2) is 24.3 Å². The molecule has 1 rings (SSSR count). The van der Waals surface area contributed by atoms with Crippen molar-refractivity contribution in [1.82, 2.24) is 5.32 Å². The van der Waals surface area contributed by atoms with E-state index in [1.54, 1.807) is 25.2 Å². The fourth-order valence-corrected chi connectivity index (χ4v) is 0.969. The summed E-state index contributed by atoms with van der Waals surface area (Å²) in [6.07, 6.45) is 0. The summed E-state index contributed by atoms with van der Waals surface area (Å²) in [6, 6.07) is 6.21. The minimum absolute atomic E-state index is 0.0206. The fourth-order valence-electron chi connectivity index (χ4n) is 0.969. The number of halogens is 1. The molecule has 3 nitrogen and oxygen atoms in total. The summed E-state index contributed by atoms with van der Waals surface area (Å²) in [5.74, 6) is -0.750. The van der Waals surface area contributed by atoms with Gasteiger partial charge in [-0.05, 0) is 13.1 Å². The molecule has 0 radical (unpaired) electrons. The second-order valence-corrected chi connectivity index (χ2v) is 2.78. The first kappa shape index (κ1) is 10.7. The van der Waals surface area contributed by atoms with E-state index in [1.165, 1.54) is 6.07 Å². The van der Waals surface area contributed by atoms with Crippen LogP contribution in [0.5, 0.6) is 0 Å². The molecule has 1 N–H and O–H groups in total. The van der Waals surface area contributed by atoms with Gasteiger partial charge in [-0.25, -0.2) is 4.39 Å². The monoisotopic (exact) mass is 197 g/mol. The summed E-state index contributed by atoms with van der Waals surface area (Å²) in [5, 5.41) is 2.65. The third kappa shape index (κ3) is 3.14. The highest BCUT2D eigenvalue weighted by atomic mass is 19.1. The van der Waals surface area contributed by atoms with Gasteiger partial charge in [0.1, 0.15) is 12.4 Å². The average molecular weight is 197 g/mol. The molecule has 1 aromatic rings. The molecular weight excluding hydrogens is 185 g/mol. The molecule has 0 aliphatic carbocycles. The number of rotatable bonds is 4. The lowest BCUT2D eigenvalue weighted by Crippen LogP contribution is -2.20. The fraction of sp³-hybridized carbons (Fsp3) is 0.300. The van der Waals surface area contributed by atoms with Crippen molar-refractivity contribution < 1.29 is 13.9 Å². The third-order valence-electron chi connectivity index (χ3n) is 1.67. The van der Waals surface area contributed by atoms with E-state index in [-0.39, 0.29) is 19.0 Å². The first-order valence-electron chi connectivity index (χ1n) is 4.27. The number of hydrogen-bond acceptors (Lipinski definition) is 3. The molecule has 14 heavy (non-hydrogen) atoms. The van der Waals surface area contributed by atoms with Crippen molar-refractivity contribution in [3.8, 4) is 0 Å². The molecule has 0 heterocycles. The van der Waals surface area contributed by atoms with Crippen LogP contribution in [0.2, 0.25) is 0 Å². The van der Waals surface area contributed by atoms with E-state index in [2.05, 4.69) is 5.32 Å². The lowest BCUT2D eigenvalue weighted by Gasteiger charge is -2.04. The zero-order chi connectivity index (χ0) is 10.4. The SMILES string of the molecule is CNCC(=O)OCc1ccccc1F. The summed E-state index contributed by atoms with van der Waals surface area (Å²) in [7, 11) is 1.64. The smallest absolute Gasteiger partial charge is 0.320 e. The van der Waals surface area contributed by atoms with Crippen LogP contribution < -0.4 is 5.32 Å². The van der Waals surface area contributed by atoms with Crippen molar-refractivity contribution in [2.45, 2.75) is 6.61 Å². The Kier molecular flexibility index (Phi) is 4.07. The van der Waals surface area contributed by atoms with Crippen LogP contribution in [0, 0.1) is 5.82 Å². The van der Waals surface area contributed by atoms with E-state index in [0.717, 1.165) is 0 Å². The number of likely N-dealkylation sites (N-methyl/N-ethyl adjacent to an activating group) is 1. The second kappa shape index (κ2) is 5.34. The van der Waals surface area contributed by atoms with Gasteiger partial charge in [0.2, 0.25) is 0 Å². The number of nitrogens with one attached hydrogen (secondary N) is 1. The van der Waals surface area contributed by atoms with Gasteiger partial charge in [-0.2, -0.15) is 0 Å². The summed E-state index contributed by atoms with van der Waals surface area (Å²) in [5.41, 5.74) is 0.386. The Hall–Kier alpha value is -1.42. The van der Waals surface area contributed by atoms with Gasteiger partial charge in [-0.15, -0.1) is 0 Å². The Morgan fingerprint density at radius 1 is 1.50 bits per heavy atom. The number of benzene rings is 1. The van der Waals surface area contributed by atoms with Gasteiger partial charge >= 0.3 is 5.97 Å². The minimum Gasteiger partial charge on any atom is -0.460 e. The predicted molar refractivity (Wildman–Crippen MR) is 50.1 cm³/mol. The molecule has 0 saturated carbocycles. The van der Waals surface area contributed by atoms with Crippen LogP contribution in [0.3, 0.4) is 0 Å². The van der Waals surface area contributed by atoms with E-state index < -0.39 is 5.97 Å². The van der Waals surface area contributed by atoms with Crippen LogP contribution in [-0.4, -0.2) is 19.6 Å². The van der Waals surface area contributed by atoms with Gasteiger partial charge in [-0.3, -0.25) is 4.79 Å². The van der Waals surface area contributed by atoms with E-state index in [0.29, 0.717) is 5.56 Å². The minimum atomic E-state index is -0.393. The number of carbonyl (C=O) groups is 1. The highest BCUT2D eigenvalue weighted by molar-refractivity contribution is 5.71. The number of ether oxygens (including phenoxy) is 1. The molecular formula is C10H12FNO2. The molecule has 4 heteroatoms. The van der Waals surface area contributed by atoms with Crippen LogP contribution in [0.1, 0.15) is 5.56 Å². The second-order valence-electron chi connectivity index (χ2n) is 2.78. The van der Waals surface area contributed by atoms with Crippen LogP contribution in [0.4, 0.5) is 4.39 Å². The molecule has 0 bridgehead atoms. The van der Waals surface area contributed by atoms with Crippen molar-refractivity contribution in [1.29, 1.82) is 0 Å². The lowest BCUT2D eigenvalue weighted by atomic mass is 10.2. The maximum atomic E-state index is 13.0. The molecule has 0 aliphatic heterocycles. The Labute approximate surface area is 81.9 Å². The van der Waals surface area contributed by atoms with Crippen molar-refractivity contribution >= 4 is 5.97 Å². The average Bonchev–Trinajstić information content (AvgIpc) is 2.17. The Balaban J connectivity index is 2.46. The molecule has 76 valence electrons. The van der Waals surface area contributed by atoms with Crippen LogP contribution >= 0.6 is 0 Å². The number of carbonyl (C=O) groups excluding carboxylic acids is 1.